The lowest BCUT2D eigenvalue weighted by Crippen LogP contribution is -1.96. The number of aromatic carboxylic acids is 2. The molecule has 6 nitrogen and oxygen atoms in total. The Labute approximate surface area is 186 Å². The molecule has 0 unspecified atom stereocenters. The molecule has 156 valence electrons. The molecule has 0 saturated heterocycles. The van der Waals surface area contributed by atoms with Crippen LogP contribution in [0.25, 0.3) is 24.3 Å². The summed E-state index contributed by atoms with van der Waals surface area (Å²) in [6.07, 6.45) is 7.11. The highest BCUT2D eigenvalue weighted by atomic mass is 79.9. The fourth-order valence-corrected chi connectivity index (χ4v) is 3.35. The summed E-state index contributed by atoms with van der Waals surface area (Å²) in [4.78, 5) is 22.3. The molecule has 0 saturated carbocycles. The molecule has 7 heteroatoms. The van der Waals surface area contributed by atoms with E-state index in [-0.39, 0.29) is 22.6 Å². The molecule has 0 spiro atoms. The third-order valence-corrected chi connectivity index (χ3v) is 5.14. The highest BCUT2D eigenvalue weighted by molar-refractivity contribution is 9.10. The average Bonchev–Trinajstić information content (AvgIpc) is 2.73. The van der Waals surface area contributed by atoms with Gasteiger partial charge < -0.3 is 20.4 Å². The summed E-state index contributed by atoms with van der Waals surface area (Å²) < 4.78 is 0.806. The second kappa shape index (κ2) is 9.32. The van der Waals surface area contributed by atoms with Crippen molar-refractivity contribution < 1.29 is 30.0 Å². The minimum Gasteiger partial charge on any atom is -0.507 e. The van der Waals surface area contributed by atoms with Crippen molar-refractivity contribution in [3.8, 4) is 11.5 Å². The number of carboxylic acid groups (broad SMARTS) is 2. The second-order valence-electron chi connectivity index (χ2n) is 6.61. The first-order valence-corrected chi connectivity index (χ1v) is 9.82. The van der Waals surface area contributed by atoms with E-state index in [9.17, 15) is 19.8 Å². The third-order valence-electron chi connectivity index (χ3n) is 4.45. The minimum absolute atomic E-state index is 0.163. The quantitative estimate of drug-likeness (QED) is 0.341. The maximum absolute atomic E-state index is 11.1. The van der Waals surface area contributed by atoms with Gasteiger partial charge in [0.2, 0.25) is 0 Å². The van der Waals surface area contributed by atoms with E-state index in [1.165, 1.54) is 24.3 Å². The molecule has 0 aromatic heterocycles. The Morgan fingerprint density at radius 1 is 0.645 bits per heavy atom. The summed E-state index contributed by atoms with van der Waals surface area (Å²) in [5, 5.41) is 37.4. The topological polar surface area (TPSA) is 115 Å². The van der Waals surface area contributed by atoms with E-state index in [4.69, 9.17) is 10.2 Å². The van der Waals surface area contributed by atoms with Crippen LogP contribution in [0.1, 0.15) is 43.0 Å². The van der Waals surface area contributed by atoms with Crippen LogP contribution in [-0.4, -0.2) is 32.4 Å². The van der Waals surface area contributed by atoms with E-state index in [0.29, 0.717) is 11.1 Å². The molecule has 4 N–H and O–H groups in total. The Bertz CT molecular complexity index is 1230. The van der Waals surface area contributed by atoms with Crippen LogP contribution in [0.5, 0.6) is 11.5 Å². The van der Waals surface area contributed by atoms with Gasteiger partial charge >= 0.3 is 11.9 Å². The predicted octanol–water partition coefficient (Wildman–Crippen LogP) is 5.60. The largest absolute Gasteiger partial charge is 0.507 e. The SMILES string of the molecule is O=C(O)c1cc(C=Cc2ccc(/C=C/c3ccc(O)c(C(=O)O)c3)cc2Br)ccc1O. The van der Waals surface area contributed by atoms with E-state index < -0.39 is 11.9 Å². The summed E-state index contributed by atoms with van der Waals surface area (Å²) in [6.45, 7) is 0. The summed E-state index contributed by atoms with van der Waals surface area (Å²) in [5.41, 5.74) is 2.67. The zero-order valence-corrected chi connectivity index (χ0v) is 17.6. The predicted molar refractivity (Wildman–Crippen MR) is 122 cm³/mol. The summed E-state index contributed by atoms with van der Waals surface area (Å²) in [7, 11) is 0. The second-order valence-corrected chi connectivity index (χ2v) is 7.47. The number of hydrogen-bond donors (Lipinski definition) is 4. The summed E-state index contributed by atoms with van der Waals surface area (Å²) in [6, 6.07) is 14.3. The molecule has 0 fully saturated rings. The van der Waals surface area contributed by atoms with Crippen molar-refractivity contribution in [2.75, 3.05) is 0 Å². The lowest BCUT2D eigenvalue weighted by molar-refractivity contribution is 0.0682. The highest BCUT2D eigenvalue weighted by Gasteiger charge is 2.10. The van der Waals surface area contributed by atoms with Crippen LogP contribution < -0.4 is 0 Å². The fourth-order valence-electron chi connectivity index (χ4n) is 2.82. The van der Waals surface area contributed by atoms with E-state index in [1.54, 1.807) is 24.3 Å². The van der Waals surface area contributed by atoms with Gasteiger partial charge in [0, 0.05) is 4.47 Å². The van der Waals surface area contributed by atoms with Crippen LogP contribution in [-0.2, 0) is 0 Å². The Balaban J connectivity index is 1.79. The molecule has 3 aromatic rings. The van der Waals surface area contributed by atoms with E-state index in [2.05, 4.69) is 15.9 Å². The number of halogens is 1. The van der Waals surface area contributed by atoms with Crippen LogP contribution >= 0.6 is 15.9 Å². The van der Waals surface area contributed by atoms with Crippen molar-refractivity contribution >= 4 is 52.2 Å². The van der Waals surface area contributed by atoms with Gasteiger partial charge in [0.25, 0.3) is 0 Å². The molecule has 0 heterocycles. The number of carboxylic acids is 2. The minimum atomic E-state index is -1.20. The standard InChI is InChI=1S/C24H17BrO6/c25-20-13-16(2-1-14-5-9-21(26)18(11-14)23(28)29)4-8-17(20)7-3-15-6-10-22(27)19(12-15)24(30)31/h1-13,26-27H,(H,28,29)(H,30,31)/b2-1+,7-3?. The molecular weight excluding hydrogens is 464 g/mol. The van der Waals surface area contributed by atoms with Crippen molar-refractivity contribution in [3.05, 3.63) is 92.5 Å². The molecule has 0 atom stereocenters. The van der Waals surface area contributed by atoms with Gasteiger partial charge in [-0.25, -0.2) is 9.59 Å². The first-order valence-electron chi connectivity index (χ1n) is 9.03. The number of benzene rings is 3. The lowest BCUT2D eigenvalue weighted by atomic mass is 10.1. The van der Waals surface area contributed by atoms with Gasteiger partial charge in [-0.3, -0.25) is 0 Å². The molecule has 0 radical (unpaired) electrons. The average molecular weight is 481 g/mol. The highest BCUT2D eigenvalue weighted by Crippen LogP contribution is 2.25. The van der Waals surface area contributed by atoms with Crippen molar-refractivity contribution in [2.45, 2.75) is 0 Å². The lowest BCUT2D eigenvalue weighted by Gasteiger charge is -2.03. The molecule has 0 aliphatic heterocycles. The van der Waals surface area contributed by atoms with Crippen LogP contribution in [0.3, 0.4) is 0 Å². The molecule has 31 heavy (non-hydrogen) atoms. The summed E-state index contributed by atoms with van der Waals surface area (Å²) >= 11 is 3.51. The zero-order valence-electron chi connectivity index (χ0n) is 16.0. The normalized spacial score (nSPS) is 11.3. The Morgan fingerprint density at radius 2 is 1.06 bits per heavy atom. The maximum atomic E-state index is 11.1. The van der Waals surface area contributed by atoms with Gasteiger partial charge in [0.05, 0.1) is 0 Å². The van der Waals surface area contributed by atoms with Crippen molar-refractivity contribution in [2.24, 2.45) is 0 Å². The number of aromatic hydroxyl groups is 2. The molecule has 0 aliphatic rings. The molecule has 3 rings (SSSR count). The van der Waals surface area contributed by atoms with E-state index >= 15 is 0 Å². The van der Waals surface area contributed by atoms with Gasteiger partial charge in [0.1, 0.15) is 22.6 Å². The number of phenols is 2. The van der Waals surface area contributed by atoms with E-state index in [0.717, 1.165) is 15.6 Å². The molecule has 0 bridgehead atoms. The van der Waals surface area contributed by atoms with Crippen molar-refractivity contribution in [3.63, 3.8) is 0 Å². The molecule has 0 aliphatic carbocycles. The maximum Gasteiger partial charge on any atom is 0.339 e. The van der Waals surface area contributed by atoms with Crippen LogP contribution in [0, 0.1) is 0 Å². The monoisotopic (exact) mass is 480 g/mol. The van der Waals surface area contributed by atoms with Crippen LogP contribution in [0.4, 0.5) is 0 Å². The van der Waals surface area contributed by atoms with Gasteiger partial charge in [-0.15, -0.1) is 0 Å². The number of rotatable bonds is 6. The number of hydrogen-bond acceptors (Lipinski definition) is 4. The van der Waals surface area contributed by atoms with Gasteiger partial charge in [-0.1, -0.05) is 64.5 Å². The van der Waals surface area contributed by atoms with Crippen molar-refractivity contribution in [1.82, 2.24) is 0 Å². The van der Waals surface area contributed by atoms with Crippen LogP contribution in [0.15, 0.2) is 59.1 Å². The smallest absolute Gasteiger partial charge is 0.339 e. The zero-order chi connectivity index (χ0) is 22.5. The van der Waals surface area contributed by atoms with Gasteiger partial charge in [-0.2, -0.15) is 0 Å². The fraction of sp³-hybridized carbons (Fsp3) is 0. The molecular formula is C24H17BrO6. The molecule has 3 aromatic carbocycles. The van der Waals surface area contributed by atoms with E-state index in [1.807, 2.05) is 30.4 Å². The van der Waals surface area contributed by atoms with Crippen molar-refractivity contribution in [1.29, 1.82) is 0 Å². The first-order chi connectivity index (χ1) is 14.7. The van der Waals surface area contributed by atoms with Crippen LogP contribution in [0.2, 0.25) is 0 Å². The molecule has 0 amide bonds. The van der Waals surface area contributed by atoms with Gasteiger partial charge in [-0.05, 0) is 52.6 Å². The van der Waals surface area contributed by atoms with Gasteiger partial charge in [0.15, 0.2) is 0 Å². The first kappa shape index (κ1) is 21.9. The Kier molecular flexibility index (Phi) is 6.57. The number of carbonyl (C=O) groups is 2. The Hall–Kier alpha value is -3.84. The third kappa shape index (κ3) is 5.40. The summed E-state index contributed by atoms with van der Waals surface area (Å²) in [5.74, 6) is -2.97. The Morgan fingerprint density at radius 3 is 1.52 bits per heavy atom.